The van der Waals surface area contributed by atoms with Gasteiger partial charge in [0.25, 0.3) is 0 Å². The predicted octanol–water partition coefficient (Wildman–Crippen LogP) is 9.47. The third kappa shape index (κ3) is 5.65. The Labute approximate surface area is 298 Å². The first-order valence-electron chi connectivity index (χ1n) is 17.2. The maximum Gasteiger partial charge on any atom is 0.164 e. The minimum absolute atomic E-state index is 0.652. The van der Waals surface area contributed by atoms with E-state index in [4.69, 9.17) is 19.9 Å². The van der Waals surface area contributed by atoms with Crippen molar-refractivity contribution in [3.8, 4) is 78.8 Å². The van der Waals surface area contributed by atoms with Crippen LogP contribution in [0.3, 0.4) is 0 Å². The molecule has 4 heterocycles. The summed E-state index contributed by atoms with van der Waals surface area (Å²) in [6.45, 7) is 4.88. The van der Waals surface area contributed by atoms with Crippen molar-refractivity contribution in [3.05, 3.63) is 164 Å². The van der Waals surface area contributed by atoms with Gasteiger partial charge in [0.1, 0.15) is 8.07 Å². The normalized spacial score (nSPS) is 12.7. The Morgan fingerprint density at radius 3 is 1.47 bits per heavy atom. The molecule has 0 spiro atoms. The molecule has 0 N–H and O–H groups in total. The highest BCUT2D eigenvalue weighted by Crippen LogP contribution is 2.35. The molecule has 3 aromatic heterocycles. The number of pyridine rings is 2. The van der Waals surface area contributed by atoms with Crippen LogP contribution in [0.25, 0.3) is 78.8 Å². The number of nitrogens with zero attached hydrogens (tertiary/aromatic N) is 5. The van der Waals surface area contributed by atoms with Gasteiger partial charge < -0.3 is 0 Å². The Morgan fingerprint density at radius 2 is 0.863 bits per heavy atom. The number of fused-ring (bicyclic) bond motifs is 3. The molecule has 5 aromatic carbocycles. The van der Waals surface area contributed by atoms with Crippen molar-refractivity contribution in [1.29, 1.82) is 0 Å². The van der Waals surface area contributed by atoms with Gasteiger partial charge >= 0.3 is 0 Å². The van der Waals surface area contributed by atoms with Crippen LogP contribution < -0.4 is 10.4 Å². The molecule has 0 saturated carbocycles. The first-order valence-corrected chi connectivity index (χ1v) is 20.2. The van der Waals surface area contributed by atoms with Gasteiger partial charge in [0.2, 0.25) is 0 Å². The highest BCUT2D eigenvalue weighted by Gasteiger charge is 2.37. The molecule has 8 aromatic rings. The quantitative estimate of drug-likeness (QED) is 0.165. The fourth-order valence-corrected chi connectivity index (χ4v) is 10.2. The molecule has 1 aliphatic heterocycles. The molecule has 1 aliphatic rings. The lowest BCUT2D eigenvalue weighted by atomic mass is 9.98. The smallest absolute Gasteiger partial charge is 0.164 e. The van der Waals surface area contributed by atoms with E-state index >= 15 is 0 Å². The van der Waals surface area contributed by atoms with Crippen LogP contribution in [0.5, 0.6) is 0 Å². The predicted molar refractivity (Wildman–Crippen MR) is 210 cm³/mol. The van der Waals surface area contributed by atoms with Crippen molar-refractivity contribution in [1.82, 2.24) is 24.9 Å². The Balaban J connectivity index is 1.12. The highest BCUT2D eigenvalue weighted by atomic mass is 28.3. The zero-order valence-electron chi connectivity index (χ0n) is 28.3. The summed E-state index contributed by atoms with van der Waals surface area (Å²) in [4.78, 5) is 24.1. The average molecular weight is 672 g/mol. The Morgan fingerprint density at radius 1 is 0.392 bits per heavy atom. The number of rotatable bonds is 6. The summed E-state index contributed by atoms with van der Waals surface area (Å²) in [5.74, 6) is 1.97. The maximum absolute atomic E-state index is 5.09. The fraction of sp³-hybridized carbons (Fsp3) is 0.0444. The lowest BCUT2D eigenvalue weighted by Gasteiger charge is -2.19. The Hall–Kier alpha value is -6.37. The van der Waals surface area contributed by atoms with Crippen molar-refractivity contribution in [2.24, 2.45) is 0 Å². The minimum atomic E-state index is -1.92. The molecule has 9 rings (SSSR count). The molecule has 0 bridgehead atoms. The molecular formula is C45H33N5Si. The van der Waals surface area contributed by atoms with E-state index < -0.39 is 8.07 Å². The summed E-state index contributed by atoms with van der Waals surface area (Å²) in [6.07, 6.45) is 5.56. The fourth-order valence-electron chi connectivity index (χ4n) is 7.14. The van der Waals surface area contributed by atoms with Gasteiger partial charge in [-0.3, -0.25) is 9.97 Å². The van der Waals surface area contributed by atoms with Crippen LogP contribution in [0.15, 0.2) is 164 Å². The van der Waals surface area contributed by atoms with Crippen LogP contribution in [-0.4, -0.2) is 33.0 Å². The topological polar surface area (TPSA) is 64.5 Å². The molecule has 242 valence electrons. The third-order valence-electron chi connectivity index (χ3n) is 9.92. The van der Waals surface area contributed by atoms with E-state index in [9.17, 15) is 0 Å². The second-order valence-corrected chi connectivity index (χ2v) is 17.8. The van der Waals surface area contributed by atoms with E-state index in [-0.39, 0.29) is 0 Å². The number of hydrogen-bond donors (Lipinski definition) is 0. The number of hydrogen-bond acceptors (Lipinski definition) is 5. The summed E-state index contributed by atoms with van der Waals surface area (Å²) in [6, 6.07) is 50.9. The Bertz CT molecular complexity index is 2520. The van der Waals surface area contributed by atoms with Crippen molar-refractivity contribution in [2.45, 2.75) is 13.1 Å². The Kier molecular flexibility index (Phi) is 7.52. The van der Waals surface area contributed by atoms with Gasteiger partial charge in [0.15, 0.2) is 17.5 Å². The van der Waals surface area contributed by atoms with Crippen LogP contribution in [0.2, 0.25) is 13.1 Å². The number of aromatic nitrogens is 5. The largest absolute Gasteiger partial charge is 0.265 e. The van der Waals surface area contributed by atoms with Crippen molar-refractivity contribution in [2.75, 3.05) is 0 Å². The molecule has 6 heteroatoms. The summed E-state index contributed by atoms with van der Waals surface area (Å²) >= 11 is 0. The number of benzene rings is 5. The first-order chi connectivity index (χ1) is 25.0. The molecule has 0 unspecified atom stereocenters. The minimum Gasteiger partial charge on any atom is -0.265 e. The molecule has 0 radical (unpaired) electrons. The van der Waals surface area contributed by atoms with Crippen LogP contribution in [0.1, 0.15) is 0 Å². The van der Waals surface area contributed by atoms with Crippen LogP contribution >= 0.6 is 0 Å². The second-order valence-electron chi connectivity index (χ2n) is 13.4. The maximum atomic E-state index is 5.09. The second kappa shape index (κ2) is 12.5. The molecule has 0 amide bonds. The van der Waals surface area contributed by atoms with Crippen molar-refractivity contribution < 1.29 is 0 Å². The highest BCUT2D eigenvalue weighted by molar-refractivity contribution is 7.03. The van der Waals surface area contributed by atoms with E-state index in [1.807, 2.05) is 42.6 Å². The van der Waals surface area contributed by atoms with E-state index in [0.29, 0.717) is 17.5 Å². The molecule has 51 heavy (non-hydrogen) atoms. The molecule has 0 saturated heterocycles. The summed E-state index contributed by atoms with van der Waals surface area (Å²) in [7, 11) is -1.92. The molecule has 0 fully saturated rings. The molecular weight excluding hydrogens is 639 g/mol. The van der Waals surface area contributed by atoms with Crippen LogP contribution in [-0.2, 0) is 0 Å². The molecule has 0 atom stereocenters. The standard InChI is InChI=1S/C45H33N5Si/c1-51(2)41-21-18-35(37-17-20-40(47-29-37)32-23-25-46-26-24-32)27-38(41)39-28-36(19-22-42(39)51)45-49-43(33-11-7-4-8-12-33)48-44(50-45)34-15-13-31(14-16-34)30-9-5-3-6-10-30/h3-29H,1-2H3. The first kappa shape index (κ1) is 30.7. The summed E-state index contributed by atoms with van der Waals surface area (Å²) in [5.41, 5.74) is 12.0. The van der Waals surface area contributed by atoms with Gasteiger partial charge in [-0.25, -0.2) is 15.0 Å². The summed E-state index contributed by atoms with van der Waals surface area (Å²) in [5, 5.41) is 2.87. The zero-order chi connectivity index (χ0) is 34.4. The average Bonchev–Trinajstić information content (AvgIpc) is 3.43. The van der Waals surface area contributed by atoms with Gasteiger partial charge in [-0.2, -0.15) is 0 Å². The van der Waals surface area contributed by atoms with Crippen LogP contribution in [0.4, 0.5) is 0 Å². The van der Waals surface area contributed by atoms with Gasteiger partial charge in [0.05, 0.1) is 5.69 Å². The van der Waals surface area contributed by atoms with Crippen molar-refractivity contribution >= 4 is 18.4 Å². The third-order valence-corrected chi connectivity index (χ3v) is 13.5. The van der Waals surface area contributed by atoms with E-state index in [1.165, 1.54) is 27.1 Å². The van der Waals surface area contributed by atoms with Gasteiger partial charge in [0, 0.05) is 46.4 Å². The molecule has 5 nitrogen and oxygen atoms in total. The van der Waals surface area contributed by atoms with E-state index in [2.05, 4.69) is 127 Å². The lowest BCUT2D eigenvalue weighted by molar-refractivity contribution is 1.07. The van der Waals surface area contributed by atoms with Gasteiger partial charge in [-0.15, -0.1) is 0 Å². The van der Waals surface area contributed by atoms with Crippen LogP contribution in [0, 0.1) is 0 Å². The van der Waals surface area contributed by atoms with Gasteiger partial charge in [-0.1, -0.05) is 128 Å². The summed E-state index contributed by atoms with van der Waals surface area (Å²) < 4.78 is 0. The zero-order valence-corrected chi connectivity index (χ0v) is 29.3. The molecule has 0 aliphatic carbocycles. The SMILES string of the molecule is C[Si]1(C)c2ccc(-c3ccc(-c4ccncc4)nc3)cc2-c2cc(-c3nc(-c4ccccc4)nc(-c4ccc(-c5ccccc5)cc4)n3)ccc21. The van der Waals surface area contributed by atoms with E-state index in [1.54, 1.807) is 12.4 Å². The van der Waals surface area contributed by atoms with E-state index in [0.717, 1.165) is 44.6 Å². The van der Waals surface area contributed by atoms with Gasteiger partial charge in [-0.05, 0) is 68.5 Å². The van der Waals surface area contributed by atoms with Crippen molar-refractivity contribution in [3.63, 3.8) is 0 Å². The monoisotopic (exact) mass is 671 g/mol. The lowest BCUT2D eigenvalue weighted by Crippen LogP contribution is -2.49.